The highest BCUT2D eigenvalue weighted by Crippen LogP contribution is 2.32. The second-order valence-corrected chi connectivity index (χ2v) is 11.8. The minimum atomic E-state index is 0.534. The van der Waals surface area contributed by atoms with Gasteiger partial charge >= 0.3 is 0 Å². The molecule has 0 saturated heterocycles. The molecule has 1 aliphatic rings. The number of benzene rings is 2. The van der Waals surface area contributed by atoms with Gasteiger partial charge in [0.05, 0.1) is 23.3 Å². The number of hydrogen-bond acceptors (Lipinski definition) is 4. The van der Waals surface area contributed by atoms with E-state index in [1.54, 1.807) is 0 Å². The number of H-pyrrole nitrogens is 1. The lowest BCUT2D eigenvalue weighted by Crippen LogP contribution is -2.35. The lowest BCUT2D eigenvalue weighted by molar-refractivity contribution is 0.289. The van der Waals surface area contributed by atoms with Crippen LogP contribution < -0.4 is 4.74 Å². The van der Waals surface area contributed by atoms with Gasteiger partial charge in [0.25, 0.3) is 0 Å². The van der Waals surface area contributed by atoms with Crippen LogP contribution in [0.1, 0.15) is 59.4 Å². The Morgan fingerprint density at radius 3 is 2.44 bits per heavy atom. The zero-order chi connectivity index (χ0) is 28.3. The third-order valence-electron chi connectivity index (χ3n) is 7.04. The number of aliphatic imine (C=N–C) groups is 1. The number of hydrogen-bond donors (Lipinski definition) is 1. The van der Waals surface area contributed by atoms with Gasteiger partial charge in [0.1, 0.15) is 24.0 Å². The van der Waals surface area contributed by atoms with Crippen molar-refractivity contribution in [2.24, 2.45) is 10.9 Å². The molecule has 0 radical (unpaired) electrons. The molecule has 0 atom stereocenters. The molecule has 0 saturated carbocycles. The third-order valence-corrected chi connectivity index (χ3v) is 7.04. The van der Waals surface area contributed by atoms with Crippen molar-refractivity contribution in [2.45, 2.75) is 61.4 Å². The Hall–Kier alpha value is -3.38. The number of allylic oxidation sites excluding steroid dienone is 2. The first kappa shape index (κ1) is 28.6. The van der Waals surface area contributed by atoms with E-state index < -0.39 is 0 Å². The summed E-state index contributed by atoms with van der Waals surface area (Å²) in [5.74, 6) is 3.50. The molecule has 1 aliphatic heterocycles. The van der Waals surface area contributed by atoms with Crippen LogP contribution in [0.2, 0.25) is 0 Å². The molecule has 0 amide bonds. The Bertz CT molecular complexity index is 1420. The molecule has 1 N–H and O–H groups in total. The molecule has 6 nitrogen and oxygen atoms in total. The summed E-state index contributed by atoms with van der Waals surface area (Å²) in [6.07, 6.45) is 0.993. The SMILES string of the molecule is CC(C)=C(CN(C)C)N=C(C(CC(C)C)=C(C)C)N1CCOc2ccc(-c3ccc4nc(C)[nH]c4c3)cc2C1. The Balaban J connectivity index is 1.77. The number of imidazole rings is 1. The highest BCUT2D eigenvalue weighted by molar-refractivity contribution is 5.99. The van der Waals surface area contributed by atoms with Crippen molar-refractivity contribution in [1.82, 2.24) is 19.8 Å². The van der Waals surface area contributed by atoms with Crippen LogP contribution in [0.3, 0.4) is 0 Å². The van der Waals surface area contributed by atoms with Crippen LogP contribution in [0.25, 0.3) is 22.2 Å². The summed E-state index contributed by atoms with van der Waals surface area (Å²) in [4.78, 5) is 18.0. The first-order valence-electron chi connectivity index (χ1n) is 14.1. The topological polar surface area (TPSA) is 56.8 Å². The number of likely N-dealkylation sites (N-methyl/N-ethyl adjacent to an activating group) is 1. The largest absolute Gasteiger partial charge is 0.491 e. The van der Waals surface area contributed by atoms with E-state index in [2.05, 4.69) is 112 Å². The molecular formula is C33H45N5O. The van der Waals surface area contributed by atoms with Crippen molar-refractivity contribution >= 4 is 16.9 Å². The molecule has 1 aromatic heterocycles. The standard InChI is InChI=1S/C33H45N5O/c1-21(2)16-28(22(3)4)33(36-31(23(5)6)20-37(8)9)38-14-15-39-32-13-11-25(17-27(32)19-38)26-10-12-29-30(18-26)35-24(7)34-29/h10-13,17-18,21H,14-16,19-20H2,1-9H3,(H,34,35). The molecule has 0 unspecified atom stereocenters. The molecule has 0 bridgehead atoms. The van der Waals surface area contributed by atoms with Crippen molar-refractivity contribution < 1.29 is 4.74 Å². The van der Waals surface area contributed by atoms with Crippen molar-refractivity contribution in [3.05, 3.63) is 70.2 Å². The Morgan fingerprint density at radius 1 is 1.05 bits per heavy atom. The number of nitrogens with zero attached hydrogens (tertiary/aromatic N) is 4. The molecule has 2 aromatic carbocycles. The molecule has 6 heteroatoms. The molecule has 4 rings (SSSR count). The van der Waals surface area contributed by atoms with Crippen LogP contribution in [0.5, 0.6) is 5.75 Å². The van der Waals surface area contributed by atoms with E-state index in [1.165, 1.54) is 33.4 Å². The van der Waals surface area contributed by atoms with Gasteiger partial charge in [-0.25, -0.2) is 9.98 Å². The normalized spacial score (nSPS) is 13.9. The number of ether oxygens (including phenoxy) is 1. The van der Waals surface area contributed by atoms with Gasteiger partial charge in [-0.3, -0.25) is 0 Å². The second-order valence-electron chi connectivity index (χ2n) is 11.8. The fourth-order valence-corrected chi connectivity index (χ4v) is 5.06. The van der Waals surface area contributed by atoms with E-state index in [0.29, 0.717) is 12.5 Å². The fourth-order valence-electron chi connectivity index (χ4n) is 5.06. The predicted molar refractivity (Wildman–Crippen MR) is 164 cm³/mol. The second kappa shape index (κ2) is 12.2. The minimum absolute atomic E-state index is 0.534. The number of rotatable bonds is 7. The summed E-state index contributed by atoms with van der Waals surface area (Å²) < 4.78 is 6.28. The minimum Gasteiger partial charge on any atom is -0.491 e. The predicted octanol–water partition coefficient (Wildman–Crippen LogP) is 7.37. The summed E-state index contributed by atoms with van der Waals surface area (Å²) in [5.41, 5.74) is 10.6. The average Bonchev–Trinajstić information content (AvgIpc) is 3.10. The highest BCUT2D eigenvalue weighted by Gasteiger charge is 2.24. The van der Waals surface area contributed by atoms with Crippen molar-refractivity contribution in [2.75, 3.05) is 33.8 Å². The summed E-state index contributed by atoms with van der Waals surface area (Å²) >= 11 is 0. The molecule has 0 spiro atoms. The first-order valence-corrected chi connectivity index (χ1v) is 14.1. The summed E-state index contributed by atoms with van der Waals surface area (Å²) in [7, 11) is 4.21. The Kier molecular flexibility index (Phi) is 8.96. The van der Waals surface area contributed by atoms with Gasteiger partial charge in [0.15, 0.2) is 0 Å². The fraction of sp³-hybridized carbons (Fsp3) is 0.455. The number of fused-ring (bicyclic) bond motifs is 2. The molecule has 3 aromatic rings. The molecule has 2 heterocycles. The van der Waals surface area contributed by atoms with E-state index in [-0.39, 0.29) is 0 Å². The van der Waals surface area contributed by atoms with Gasteiger partial charge in [-0.1, -0.05) is 37.1 Å². The van der Waals surface area contributed by atoms with E-state index in [0.717, 1.165) is 60.2 Å². The summed E-state index contributed by atoms with van der Waals surface area (Å²) in [5, 5.41) is 0. The zero-order valence-corrected chi connectivity index (χ0v) is 25.3. The monoisotopic (exact) mass is 527 g/mol. The van der Waals surface area contributed by atoms with Crippen LogP contribution in [-0.4, -0.2) is 59.4 Å². The Morgan fingerprint density at radius 2 is 1.77 bits per heavy atom. The third kappa shape index (κ3) is 6.99. The van der Waals surface area contributed by atoms with Crippen molar-refractivity contribution in [3.63, 3.8) is 0 Å². The van der Waals surface area contributed by atoms with E-state index in [4.69, 9.17) is 9.73 Å². The number of aromatic nitrogens is 2. The van der Waals surface area contributed by atoms with Gasteiger partial charge in [0.2, 0.25) is 0 Å². The number of nitrogens with one attached hydrogen (secondary N) is 1. The summed E-state index contributed by atoms with van der Waals surface area (Å²) in [6.45, 7) is 18.3. The number of aromatic amines is 1. The van der Waals surface area contributed by atoms with E-state index in [9.17, 15) is 0 Å². The molecular weight excluding hydrogens is 482 g/mol. The van der Waals surface area contributed by atoms with Crippen molar-refractivity contribution in [3.8, 4) is 16.9 Å². The van der Waals surface area contributed by atoms with Gasteiger partial charge < -0.3 is 19.5 Å². The van der Waals surface area contributed by atoms with Gasteiger partial charge in [-0.2, -0.15) is 0 Å². The van der Waals surface area contributed by atoms with Crippen LogP contribution >= 0.6 is 0 Å². The zero-order valence-electron chi connectivity index (χ0n) is 25.3. The molecule has 0 aliphatic carbocycles. The highest BCUT2D eigenvalue weighted by atomic mass is 16.5. The number of aryl methyl sites for hydroxylation is 1. The van der Waals surface area contributed by atoms with Crippen LogP contribution in [-0.2, 0) is 6.54 Å². The molecule has 208 valence electrons. The maximum atomic E-state index is 6.28. The van der Waals surface area contributed by atoms with Crippen LogP contribution in [0.4, 0.5) is 0 Å². The maximum Gasteiger partial charge on any atom is 0.132 e. The van der Waals surface area contributed by atoms with E-state index >= 15 is 0 Å². The van der Waals surface area contributed by atoms with Crippen LogP contribution in [0, 0.1) is 12.8 Å². The Labute approximate surface area is 234 Å². The van der Waals surface area contributed by atoms with Crippen molar-refractivity contribution in [1.29, 1.82) is 0 Å². The smallest absolute Gasteiger partial charge is 0.132 e. The molecule has 39 heavy (non-hydrogen) atoms. The van der Waals surface area contributed by atoms with Gasteiger partial charge in [-0.05, 0) is 102 Å². The average molecular weight is 528 g/mol. The van der Waals surface area contributed by atoms with E-state index in [1.807, 2.05) is 6.92 Å². The lowest BCUT2D eigenvalue weighted by atomic mass is 9.96. The van der Waals surface area contributed by atoms with Crippen LogP contribution in [0.15, 0.2) is 63.8 Å². The quantitative estimate of drug-likeness (QED) is 0.257. The summed E-state index contributed by atoms with van der Waals surface area (Å²) in [6, 6.07) is 13.0. The first-order chi connectivity index (χ1) is 18.5. The van der Waals surface area contributed by atoms with Gasteiger partial charge in [0, 0.05) is 18.7 Å². The number of amidine groups is 1. The molecule has 0 fully saturated rings. The van der Waals surface area contributed by atoms with Gasteiger partial charge in [-0.15, -0.1) is 0 Å². The lowest BCUT2D eigenvalue weighted by Gasteiger charge is -2.28. The maximum absolute atomic E-state index is 6.28.